The Bertz CT molecular complexity index is 1400. The molecule has 0 saturated carbocycles. The number of hydrogen-bond acceptors (Lipinski definition) is 5. The molecule has 1 unspecified atom stereocenters. The summed E-state index contributed by atoms with van der Waals surface area (Å²) in [6.45, 7) is 2.36. The zero-order valence-electron chi connectivity index (χ0n) is 16.8. The van der Waals surface area contributed by atoms with E-state index in [1.165, 1.54) is 21.9 Å². The molecule has 0 fully saturated rings. The Labute approximate surface area is 178 Å². The molecule has 4 aromatic rings. The third kappa shape index (κ3) is 3.62. The molecule has 8 heteroatoms. The van der Waals surface area contributed by atoms with Gasteiger partial charge in [0.25, 0.3) is 5.56 Å². The van der Waals surface area contributed by atoms with Crippen LogP contribution >= 0.6 is 11.3 Å². The number of rotatable bonds is 5. The lowest BCUT2D eigenvalue weighted by molar-refractivity contribution is 0.451. The molecule has 0 amide bonds. The van der Waals surface area contributed by atoms with Gasteiger partial charge < -0.3 is 10.1 Å². The van der Waals surface area contributed by atoms with E-state index < -0.39 is 10.0 Å². The van der Waals surface area contributed by atoms with Gasteiger partial charge in [-0.1, -0.05) is 31.2 Å². The van der Waals surface area contributed by atoms with Gasteiger partial charge >= 0.3 is 0 Å². The Balaban J connectivity index is 1.79. The molecule has 156 valence electrons. The molecule has 4 rings (SSSR count). The van der Waals surface area contributed by atoms with Crippen LogP contribution in [0.4, 0.5) is 0 Å². The summed E-state index contributed by atoms with van der Waals surface area (Å²) < 4.78 is 25.3. The zero-order valence-corrected chi connectivity index (χ0v) is 18.5. The number of H-pyrrole nitrogens is 1. The molecule has 0 saturated heterocycles. The SMILES string of the molecule is CC(CN(C)S(C)(=O)=O)c1ccc(-c2c(O)ccc3[nH]c(=O)c4sccc4c23)cc1. The third-order valence-corrected chi connectivity index (χ3v) is 7.63. The van der Waals surface area contributed by atoms with E-state index in [9.17, 15) is 18.3 Å². The maximum absolute atomic E-state index is 12.3. The Hall–Kier alpha value is -2.68. The van der Waals surface area contributed by atoms with E-state index in [0.717, 1.165) is 21.9 Å². The lowest BCUT2D eigenvalue weighted by Crippen LogP contribution is -2.29. The number of phenols is 1. The Morgan fingerprint density at radius 1 is 1.13 bits per heavy atom. The van der Waals surface area contributed by atoms with Gasteiger partial charge in [-0.25, -0.2) is 12.7 Å². The highest BCUT2D eigenvalue weighted by atomic mass is 32.2. The van der Waals surface area contributed by atoms with Crippen LogP contribution in [0, 0.1) is 0 Å². The highest BCUT2D eigenvalue weighted by molar-refractivity contribution is 7.88. The predicted octanol–water partition coefficient (Wildman–Crippen LogP) is 4.11. The lowest BCUT2D eigenvalue weighted by Gasteiger charge is -2.20. The van der Waals surface area contributed by atoms with Gasteiger partial charge in [0.1, 0.15) is 10.4 Å². The van der Waals surface area contributed by atoms with Crippen LogP contribution in [0.2, 0.25) is 0 Å². The summed E-state index contributed by atoms with van der Waals surface area (Å²) in [5.41, 5.74) is 3.03. The first-order valence-corrected chi connectivity index (χ1v) is 12.2. The van der Waals surface area contributed by atoms with E-state index >= 15 is 0 Å². The first-order valence-electron chi connectivity index (χ1n) is 9.43. The van der Waals surface area contributed by atoms with Crippen molar-refractivity contribution in [1.82, 2.24) is 9.29 Å². The van der Waals surface area contributed by atoms with E-state index in [1.807, 2.05) is 42.6 Å². The molecule has 0 aliphatic rings. The summed E-state index contributed by atoms with van der Waals surface area (Å²) >= 11 is 1.37. The smallest absolute Gasteiger partial charge is 0.266 e. The Kier molecular flexibility index (Phi) is 5.17. The summed E-state index contributed by atoms with van der Waals surface area (Å²) in [4.78, 5) is 15.2. The van der Waals surface area contributed by atoms with Gasteiger partial charge in [0.2, 0.25) is 10.0 Å². The summed E-state index contributed by atoms with van der Waals surface area (Å²) in [5.74, 6) is 0.152. The number of nitrogens with one attached hydrogen (secondary N) is 1. The topological polar surface area (TPSA) is 90.5 Å². The number of likely N-dealkylation sites (N-methyl/N-ethyl adjacent to an activating group) is 1. The second-order valence-corrected chi connectivity index (χ2v) is 10.6. The van der Waals surface area contributed by atoms with Gasteiger partial charge in [-0.3, -0.25) is 4.79 Å². The highest BCUT2D eigenvalue weighted by Gasteiger charge is 2.18. The van der Waals surface area contributed by atoms with Gasteiger partial charge in [0.05, 0.1) is 6.26 Å². The van der Waals surface area contributed by atoms with Crippen molar-refractivity contribution in [2.45, 2.75) is 12.8 Å². The van der Waals surface area contributed by atoms with E-state index in [2.05, 4.69) is 4.98 Å². The number of aromatic nitrogens is 1. The van der Waals surface area contributed by atoms with Gasteiger partial charge in [-0.05, 0) is 40.6 Å². The molecule has 2 aromatic carbocycles. The largest absolute Gasteiger partial charge is 0.507 e. The fourth-order valence-corrected chi connectivity index (χ4v) is 5.02. The molecule has 0 bridgehead atoms. The molecule has 1 atom stereocenters. The van der Waals surface area contributed by atoms with Crippen LogP contribution in [0.5, 0.6) is 5.75 Å². The van der Waals surface area contributed by atoms with E-state index in [0.29, 0.717) is 22.3 Å². The Morgan fingerprint density at radius 2 is 1.83 bits per heavy atom. The average molecular weight is 443 g/mol. The molecule has 2 heterocycles. The fourth-order valence-electron chi connectivity index (χ4n) is 3.73. The maximum Gasteiger partial charge on any atom is 0.266 e. The molecule has 0 aliphatic heterocycles. The van der Waals surface area contributed by atoms with Crippen molar-refractivity contribution in [1.29, 1.82) is 0 Å². The molecular weight excluding hydrogens is 420 g/mol. The quantitative estimate of drug-likeness (QED) is 0.487. The monoisotopic (exact) mass is 442 g/mol. The van der Waals surface area contributed by atoms with Crippen LogP contribution in [0.15, 0.2) is 52.6 Å². The lowest BCUT2D eigenvalue weighted by atomic mass is 9.94. The number of sulfonamides is 1. The number of aromatic amines is 1. The predicted molar refractivity (Wildman–Crippen MR) is 123 cm³/mol. The third-order valence-electron chi connectivity index (χ3n) is 5.44. The number of fused-ring (bicyclic) bond motifs is 3. The molecule has 6 nitrogen and oxygen atoms in total. The second-order valence-electron chi connectivity index (χ2n) is 7.57. The summed E-state index contributed by atoms with van der Waals surface area (Å²) in [6, 6.07) is 12.9. The van der Waals surface area contributed by atoms with E-state index in [-0.39, 0.29) is 17.2 Å². The first kappa shape index (κ1) is 20.6. The maximum atomic E-state index is 12.3. The summed E-state index contributed by atoms with van der Waals surface area (Å²) in [7, 11) is -1.66. The number of thiophene rings is 1. The molecule has 2 aromatic heterocycles. The summed E-state index contributed by atoms with van der Waals surface area (Å²) in [5, 5.41) is 14.1. The van der Waals surface area contributed by atoms with Crippen LogP contribution in [0.25, 0.3) is 32.1 Å². The molecule has 0 spiro atoms. The number of hydrogen-bond donors (Lipinski definition) is 2. The molecule has 0 aliphatic carbocycles. The van der Waals surface area contributed by atoms with Gasteiger partial charge in [-0.15, -0.1) is 11.3 Å². The Morgan fingerprint density at radius 3 is 2.50 bits per heavy atom. The van der Waals surface area contributed by atoms with Crippen molar-refractivity contribution in [3.05, 3.63) is 63.8 Å². The number of benzene rings is 2. The van der Waals surface area contributed by atoms with Gasteiger partial charge in [0, 0.05) is 35.4 Å². The molecule has 0 radical (unpaired) electrons. The van der Waals surface area contributed by atoms with Crippen molar-refractivity contribution in [3.8, 4) is 16.9 Å². The normalized spacial score (nSPS) is 13.3. The average Bonchev–Trinajstić information content (AvgIpc) is 3.18. The van der Waals surface area contributed by atoms with Crippen molar-refractivity contribution in [3.63, 3.8) is 0 Å². The minimum absolute atomic E-state index is 0.0137. The second kappa shape index (κ2) is 7.54. The molecular formula is C22H22N2O4S2. The molecule has 2 N–H and O–H groups in total. The van der Waals surface area contributed by atoms with Crippen molar-refractivity contribution >= 4 is 42.3 Å². The minimum Gasteiger partial charge on any atom is -0.507 e. The minimum atomic E-state index is -3.23. The van der Waals surface area contributed by atoms with Crippen LogP contribution in [0.3, 0.4) is 0 Å². The van der Waals surface area contributed by atoms with E-state index in [4.69, 9.17) is 0 Å². The van der Waals surface area contributed by atoms with Crippen molar-refractivity contribution in [2.24, 2.45) is 0 Å². The number of phenolic OH excluding ortho intramolecular Hbond substituents is 1. The summed E-state index contributed by atoms with van der Waals surface area (Å²) in [6.07, 6.45) is 1.20. The van der Waals surface area contributed by atoms with Crippen LogP contribution in [-0.2, 0) is 10.0 Å². The van der Waals surface area contributed by atoms with Crippen LogP contribution in [-0.4, -0.2) is 42.7 Å². The highest BCUT2D eigenvalue weighted by Crippen LogP contribution is 2.39. The van der Waals surface area contributed by atoms with Crippen molar-refractivity contribution in [2.75, 3.05) is 19.8 Å². The number of pyridine rings is 1. The van der Waals surface area contributed by atoms with E-state index in [1.54, 1.807) is 19.2 Å². The van der Waals surface area contributed by atoms with Gasteiger partial charge in [-0.2, -0.15) is 0 Å². The first-order chi connectivity index (χ1) is 14.2. The fraction of sp³-hybridized carbons (Fsp3) is 0.227. The number of nitrogens with zero attached hydrogens (tertiary/aromatic N) is 1. The molecule has 30 heavy (non-hydrogen) atoms. The standard InChI is InChI=1S/C22H22N2O4S2/c1-13(12-24(2)30(3,27)28)14-4-6-15(7-5-14)19-18(25)9-8-17-20(19)16-10-11-29-21(16)22(26)23-17/h4-11,13,25H,12H2,1-3H3,(H,23,26). The van der Waals surface area contributed by atoms with Gasteiger partial charge in [0.15, 0.2) is 0 Å². The van der Waals surface area contributed by atoms with Crippen LogP contribution in [0.1, 0.15) is 18.4 Å². The van der Waals surface area contributed by atoms with Crippen molar-refractivity contribution < 1.29 is 13.5 Å². The van der Waals surface area contributed by atoms with Crippen LogP contribution < -0.4 is 5.56 Å². The zero-order chi connectivity index (χ0) is 21.6. The number of aromatic hydroxyl groups is 1.